The molecule has 5 nitrogen and oxygen atoms in total. The molecule has 0 bridgehead atoms. The fourth-order valence-corrected chi connectivity index (χ4v) is 2.39. The van der Waals surface area contributed by atoms with Gasteiger partial charge in [-0.2, -0.15) is 0 Å². The smallest absolute Gasteiger partial charge is 0.261 e. The summed E-state index contributed by atoms with van der Waals surface area (Å²) in [6.45, 7) is 1.86. The highest BCUT2D eigenvalue weighted by Gasteiger charge is 2.47. The van der Waals surface area contributed by atoms with E-state index in [1.54, 1.807) is 18.2 Å². The van der Waals surface area contributed by atoms with Gasteiger partial charge in [-0.25, -0.2) is 0 Å². The van der Waals surface area contributed by atoms with Crippen LogP contribution in [-0.4, -0.2) is 16.8 Å². The van der Waals surface area contributed by atoms with Gasteiger partial charge in [0.1, 0.15) is 0 Å². The Morgan fingerprint density at radius 3 is 2.90 bits per heavy atom. The molecule has 0 fully saturated rings. The van der Waals surface area contributed by atoms with E-state index in [-0.39, 0.29) is 12.2 Å². The Kier molecular flexibility index (Phi) is 2.72. The summed E-state index contributed by atoms with van der Waals surface area (Å²) in [6.07, 6.45) is 1.03. The standard InChI is InChI=1S/C15H13NO4/c1-9-4-5-11-10(7-9)15(19,14(18)16-11)8-12(17)13-3-2-6-20-13/h2-7,19H,8H2,1H3,(H,16,18)/t15-/m0/s1. The van der Waals surface area contributed by atoms with Crippen LogP contribution in [0.1, 0.15) is 28.1 Å². The van der Waals surface area contributed by atoms with Crippen LogP contribution in [0.3, 0.4) is 0 Å². The lowest BCUT2D eigenvalue weighted by Crippen LogP contribution is -2.36. The average molecular weight is 271 g/mol. The summed E-state index contributed by atoms with van der Waals surface area (Å²) in [6, 6.07) is 8.36. The molecule has 1 aliphatic rings. The van der Waals surface area contributed by atoms with Gasteiger partial charge in [-0.15, -0.1) is 0 Å². The summed E-state index contributed by atoms with van der Waals surface area (Å²) in [5.41, 5.74) is 0.0347. The molecule has 1 atom stereocenters. The van der Waals surface area contributed by atoms with Crippen LogP contribution in [0.5, 0.6) is 0 Å². The maximum atomic E-state index is 12.1. The molecular weight excluding hydrogens is 258 g/mol. The van der Waals surface area contributed by atoms with Gasteiger partial charge >= 0.3 is 0 Å². The van der Waals surface area contributed by atoms with Crippen LogP contribution in [0.25, 0.3) is 0 Å². The molecule has 1 aromatic heterocycles. The first-order chi connectivity index (χ1) is 9.50. The lowest BCUT2D eigenvalue weighted by molar-refractivity contribution is -0.133. The number of benzene rings is 1. The number of aryl methyl sites for hydroxylation is 1. The van der Waals surface area contributed by atoms with E-state index in [9.17, 15) is 14.7 Å². The maximum absolute atomic E-state index is 12.1. The zero-order chi connectivity index (χ0) is 14.3. The topological polar surface area (TPSA) is 79.5 Å². The third-order valence-electron chi connectivity index (χ3n) is 3.46. The molecule has 0 saturated carbocycles. The Hall–Kier alpha value is -2.40. The van der Waals surface area contributed by atoms with E-state index in [1.165, 1.54) is 12.3 Å². The molecule has 2 N–H and O–H groups in total. The second-order valence-corrected chi connectivity index (χ2v) is 4.94. The predicted molar refractivity (Wildman–Crippen MR) is 71.4 cm³/mol. The third-order valence-corrected chi connectivity index (χ3v) is 3.46. The van der Waals surface area contributed by atoms with Gasteiger partial charge in [0, 0.05) is 11.3 Å². The molecule has 0 spiro atoms. The van der Waals surface area contributed by atoms with Crippen molar-refractivity contribution < 1.29 is 19.1 Å². The Morgan fingerprint density at radius 1 is 1.40 bits per heavy atom. The number of hydrogen-bond donors (Lipinski definition) is 2. The second kappa shape index (κ2) is 4.31. The molecule has 1 aromatic carbocycles. The van der Waals surface area contributed by atoms with Gasteiger partial charge in [0.15, 0.2) is 11.4 Å². The van der Waals surface area contributed by atoms with Crippen molar-refractivity contribution in [1.29, 1.82) is 0 Å². The molecule has 1 aliphatic heterocycles. The van der Waals surface area contributed by atoms with Gasteiger partial charge < -0.3 is 14.8 Å². The maximum Gasteiger partial charge on any atom is 0.261 e. The molecule has 2 heterocycles. The predicted octanol–water partition coefficient (Wildman–Crippen LogP) is 2.00. The molecule has 0 unspecified atom stereocenters. The van der Waals surface area contributed by atoms with Gasteiger partial charge in [0.25, 0.3) is 5.91 Å². The minimum atomic E-state index is -1.84. The fourth-order valence-electron chi connectivity index (χ4n) is 2.39. The molecule has 0 aliphatic carbocycles. The summed E-state index contributed by atoms with van der Waals surface area (Å²) >= 11 is 0. The largest absolute Gasteiger partial charge is 0.461 e. The molecule has 102 valence electrons. The molecular formula is C15H13NO4. The fraction of sp³-hybridized carbons (Fsp3) is 0.200. The number of amides is 1. The normalized spacial score (nSPS) is 20.6. The van der Waals surface area contributed by atoms with Crippen molar-refractivity contribution in [3.63, 3.8) is 0 Å². The number of carbonyl (C=O) groups is 2. The van der Waals surface area contributed by atoms with Crippen molar-refractivity contribution in [3.8, 4) is 0 Å². The van der Waals surface area contributed by atoms with Crippen LogP contribution in [0, 0.1) is 6.92 Å². The Balaban J connectivity index is 1.98. The van der Waals surface area contributed by atoms with Crippen molar-refractivity contribution in [1.82, 2.24) is 0 Å². The zero-order valence-electron chi connectivity index (χ0n) is 10.8. The number of ketones is 1. The number of nitrogens with one attached hydrogen (secondary N) is 1. The van der Waals surface area contributed by atoms with E-state index >= 15 is 0 Å². The van der Waals surface area contributed by atoms with Crippen molar-refractivity contribution in [2.75, 3.05) is 5.32 Å². The quantitative estimate of drug-likeness (QED) is 0.837. The van der Waals surface area contributed by atoms with Gasteiger partial charge in [0.2, 0.25) is 5.78 Å². The van der Waals surface area contributed by atoms with Crippen LogP contribution in [-0.2, 0) is 10.4 Å². The first kappa shape index (κ1) is 12.6. The number of furan rings is 1. The van der Waals surface area contributed by atoms with Crippen LogP contribution in [0.2, 0.25) is 0 Å². The van der Waals surface area contributed by atoms with Gasteiger partial charge in [-0.05, 0) is 25.1 Å². The minimum Gasteiger partial charge on any atom is -0.461 e. The summed E-state index contributed by atoms with van der Waals surface area (Å²) < 4.78 is 5.01. The lowest BCUT2D eigenvalue weighted by Gasteiger charge is -2.19. The molecule has 5 heteroatoms. The summed E-state index contributed by atoms with van der Waals surface area (Å²) in [7, 11) is 0. The highest BCUT2D eigenvalue weighted by Crippen LogP contribution is 2.39. The summed E-state index contributed by atoms with van der Waals surface area (Å²) in [4.78, 5) is 24.1. The van der Waals surface area contributed by atoms with Gasteiger partial charge in [0.05, 0.1) is 12.7 Å². The molecule has 0 radical (unpaired) electrons. The van der Waals surface area contributed by atoms with E-state index in [1.807, 2.05) is 13.0 Å². The van der Waals surface area contributed by atoms with Crippen molar-refractivity contribution in [2.45, 2.75) is 18.9 Å². The highest BCUT2D eigenvalue weighted by molar-refractivity contribution is 6.08. The second-order valence-electron chi connectivity index (χ2n) is 4.94. The highest BCUT2D eigenvalue weighted by atomic mass is 16.3. The lowest BCUT2D eigenvalue weighted by atomic mass is 9.88. The molecule has 2 aromatic rings. The van der Waals surface area contributed by atoms with E-state index < -0.39 is 17.3 Å². The van der Waals surface area contributed by atoms with Crippen LogP contribution < -0.4 is 5.32 Å². The minimum absolute atomic E-state index is 0.132. The van der Waals surface area contributed by atoms with Crippen LogP contribution in [0.15, 0.2) is 41.0 Å². The summed E-state index contributed by atoms with van der Waals surface area (Å²) in [5, 5.41) is 13.2. The Labute approximate surface area is 115 Å². The molecule has 1 amide bonds. The Morgan fingerprint density at radius 2 is 2.20 bits per heavy atom. The first-order valence-electron chi connectivity index (χ1n) is 6.22. The van der Waals surface area contributed by atoms with E-state index in [0.29, 0.717) is 11.3 Å². The number of carbonyl (C=O) groups excluding carboxylic acids is 2. The van der Waals surface area contributed by atoms with Crippen molar-refractivity contribution >= 4 is 17.4 Å². The number of fused-ring (bicyclic) bond motifs is 1. The zero-order valence-corrected chi connectivity index (χ0v) is 10.8. The van der Waals surface area contributed by atoms with Gasteiger partial charge in [-0.1, -0.05) is 17.7 Å². The van der Waals surface area contributed by atoms with Gasteiger partial charge in [-0.3, -0.25) is 9.59 Å². The monoisotopic (exact) mass is 271 g/mol. The molecule has 3 rings (SSSR count). The van der Waals surface area contributed by atoms with Crippen LogP contribution >= 0.6 is 0 Å². The van der Waals surface area contributed by atoms with E-state index in [2.05, 4.69) is 5.32 Å². The average Bonchev–Trinajstić information content (AvgIpc) is 3.00. The number of Topliss-reactive ketones (excluding diaryl/α,β-unsaturated/α-hetero) is 1. The number of anilines is 1. The van der Waals surface area contributed by atoms with E-state index in [4.69, 9.17) is 4.42 Å². The number of hydrogen-bond acceptors (Lipinski definition) is 4. The number of aliphatic hydroxyl groups is 1. The first-order valence-corrected chi connectivity index (χ1v) is 6.22. The van der Waals surface area contributed by atoms with Crippen molar-refractivity contribution in [2.24, 2.45) is 0 Å². The molecule has 20 heavy (non-hydrogen) atoms. The molecule has 0 saturated heterocycles. The Bertz CT molecular complexity index is 690. The third kappa shape index (κ3) is 1.83. The van der Waals surface area contributed by atoms with Crippen LogP contribution in [0.4, 0.5) is 5.69 Å². The van der Waals surface area contributed by atoms with Crippen molar-refractivity contribution in [3.05, 3.63) is 53.5 Å². The number of rotatable bonds is 3. The summed E-state index contributed by atoms with van der Waals surface area (Å²) in [5.74, 6) is -0.868. The SMILES string of the molecule is Cc1ccc2c(c1)[C@@](O)(CC(=O)c1ccco1)C(=O)N2. The van der Waals surface area contributed by atoms with E-state index in [0.717, 1.165) is 5.56 Å².